The Labute approximate surface area is 62.1 Å². The number of hydrogen-bond acceptors (Lipinski definition) is 1. The summed E-state index contributed by atoms with van der Waals surface area (Å²) in [5.41, 5.74) is 2.47. The Balaban J connectivity index is 2.81. The van der Waals surface area contributed by atoms with E-state index in [0.29, 0.717) is 0 Å². The predicted molar refractivity (Wildman–Crippen MR) is 41.6 cm³/mol. The maximum atomic E-state index is 3.09. The van der Waals surface area contributed by atoms with Gasteiger partial charge in [-0.15, -0.1) is 0 Å². The standard InChI is InChI=1S/C9H11N/c1-8-5-3-4-6-9(8)7-10-2/h4,6,10H,7H2,1-2H3. The molecule has 1 N–H and O–H groups in total. The summed E-state index contributed by atoms with van der Waals surface area (Å²) < 4.78 is 0. The third kappa shape index (κ3) is 1.49. The van der Waals surface area contributed by atoms with Gasteiger partial charge < -0.3 is 5.32 Å². The summed E-state index contributed by atoms with van der Waals surface area (Å²) in [6.07, 6.45) is 0. The number of nitrogens with one attached hydrogen (secondary N) is 1. The minimum atomic E-state index is 0.914. The van der Waals surface area contributed by atoms with Gasteiger partial charge in [-0.05, 0) is 31.7 Å². The Kier molecular flexibility index (Phi) is 2.30. The normalized spacial score (nSPS) is 9.00. The van der Waals surface area contributed by atoms with Crippen LogP contribution in [0.15, 0.2) is 12.1 Å². The Morgan fingerprint density at radius 3 is 3.00 bits per heavy atom. The lowest BCUT2D eigenvalue weighted by Gasteiger charge is -1.99. The fourth-order valence-corrected chi connectivity index (χ4v) is 0.879. The van der Waals surface area contributed by atoms with Gasteiger partial charge >= 0.3 is 0 Å². The van der Waals surface area contributed by atoms with Crippen molar-refractivity contribution in [1.29, 1.82) is 0 Å². The van der Waals surface area contributed by atoms with Crippen LogP contribution < -0.4 is 5.32 Å². The van der Waals surface area contributed by atoms with E-state index in [1.165, 1.54) is 11.1 Å². The van der Waals surface area contributed by atoms with Crippen molar-refractivity contribution in [2.75, 3.05) is 7.05 Å². The van der Waals surface area contributed by atoms with Crippen LogP contribution in [0.2, 0.25) is 0 Å². The van der Waals surface area contributed by atoms with E-state index in [1.807, 2.05) is 20.0 Å². The second-order valence-electron chi connectivity index (χ2n) is 2.28. The van der Waals surface area contributed by atoms with Crippen molar-refractivity contribution in [2.45, 2.75) is 13.5 Å². The van der Waals surface area contributed by atoms with E-state index in [9.17, 15) is 0 Å². The molecule has 0 saturated heterocycles. The van der Waals surface area contributed by atoms with Gasteiger partial charge in [0.05, 0.1) is 0 Å². The van der Waals surface area contributed by atoms with Crippen LogP contribution in [0.5, 0.6) is 0 Å². The van der Waals surface area contributed by atoms with Crippen molar-refractivity contribution in [3.05, 3.63) is 35.4 Å². The fraction of sp³-hybridized carbons (Fsp3) is 0.333. The van der Waals surface area contributed by atoms with Gasteiger partial charge in [-0.25, -0.2) is 0 Å². The van der Waals surface area contributed by atoms with Crippen LogP contribution in [0.3, 0.4) is 0 Å². The molecule has 0 spiro atoms. The van der Waals surface area contributed by atoms with Crippen LogP contribution in [0, 0.1) is 19.1 Å². The van der Waals surface area contributed by atoms with Gasteiger partial charge in [-0.2, -0.15) is 0 Å². The lowest BCUT2D eigenvalue weighted by molar-refractivity contribution is 0.812. The molecule has 0 unspecified atom stereocenters. The van der Waals surface area contributed by atoms with Gasteiger partial charge in [0.15, 0.2) is 0 Å². The first-order valence-corrected chi connectivity index (χ1v) is 3.37. The van der Waals surface area contributed by atoms with Crippen LogP contribution >= 0.6 is 0 Å². The molecular weight excluding hydrogens is 122 g/mol. The van der Waals surface area contributed by atoms with Gasteiger partial charge in [-0.1, -0.05) is 12.1 Å². The summed E-state index contributed by atoms with van der Waals surface area (Å²) in [7, 11) is 1.94. The zero-order valence-electron chi connectivity index (χ0n) is 6.36. The molecule has 1 aromatic carbocycles. The fourth-order valence-electron chi connectivity index (χ4n) is 0.879. The zero-order valence-corrected chi connectivity index (χ0v) is 6.36. The lowest BCUT2D eigenvalue weighted by Crippen LogP contribution is -2.05. The predicted octanol–water partition coefficient (Wildman–Crippen LogP) is 1.31. The minimum Gasteiger partial charge on any atom is -0.316 e. The van der Waals surface area contributed by atoms with Gasteiger partial charge in [-0.3, -0.25) is 0 Å². The first-order chi connectivity index (χ1) is 4.84. The van der Waals surface area contributed by atoms with Crippen molar-refractivity contribution >= 4 is 0 Å². The van der Waals surface area contributed by atoms with Crippen LogP contribution in [0.4, 0.5) is 0 Å². The summed E-state index contributed by atoms with van der Waals surface area (Å²) in [6.45, 7) is 2.96. The Morgan fingerprint density at radius 1 is 1.60 bits per heavy atom. The molecule has 0 heterocycles. The molecule has 0 bridgehead atoms. The summed E-state index contributed by atoms with van der Waals surface area (Å²) in [6, 6.07) is 9.87. The first kappa shape index (κ1) is 7.11. The molecule has 10 heavy (non-hydrogen) atoms. The largest absolute Gasteiger partial charge is 0.316 e. The second-order valence-corrected chi connectivity index (χ2v) is 2.28. The average Bonchev–Trinajstić information content (AvgIpc) is 1.94. The molecule has 0 saturated carbocycles. The molecule has 0 aliphatic rings. The highest BCUT2D eigenvalue weighted by Gasteiger charge is 1.91. The number of hydrogen-bond donors (Lipinski definition) is 1. The quantitative estimate of drug-likeness (QED) is 0.641. The van der Waals surface area contributed by atoms with Gasteiger partial charge in [0, 0.05) is 12.1 Å². The van der Waals surface area contributed by atoms with Crippen LogP contribution in [-0.2, 0) is 6.54 Å². The first-order valence-electron chi connectivity index (χ1n) is 3.37. The molecule has 0 radical (unpaired) electrons. The molecular formula is C9H11N. The molecule has 0 fully saturated rings. The van der Waals surface area contributed by atoms with E-state index in [2.05, 4.69) is 23.5 Å². The van der Waals surface area contributed by atoms with E-state index in [1.54, 1.807) is 0 Å². The van der Waals surface area contributed by atoms with Crippen molar-refractivity contribution in [2.24, 2.45) is 0 Å². The third-order valence-corrected chi connectivity index (χ3v) is 1.48. The van der Waals surface area contributed by atoms with Crippen molar-refractivity contribution in [3.8, 4) is 0 Å². The van der Waals surface area contributed by atoms with E-state index in [4.69, 9.17) is 0 Å². The Hall–Kier alpha value is -1.00. The van der Waals surface area contributed by atoms with Gasteiger partial charge in [0.1, 0.15) is 0 Å². The molecule has 0 aromatic heterocycles. The number of rotatable bonds is 2. The highest BCUT2D eigenvalue weighted by Crippen LogP contribution is 2.01. The van der Waals surface area contributed by atoms with E-state index < -0.39 is 0 Å². The molecule has 1 aromatic rings. The molecule has 0 atom stereocenters. The summed E-state index contributed by atoms with van der Waals surface area (Å²) in [4.78, 5) is 0. The van der Waals surface area contributed by atoms with E-state index in [0.717, 1.165) is 6.54 Å². The smallest absolute Gasteiger partial charge is 0.0211 e. The van der Waals surface area contributed by atoms with Crippen molar-refractivity contribution in [3.63, 3.8) is 0 Å². The maximum Gasteiger partial charge on any atom is 0.0211 e. The second kappa shape index (κ2) is 3.24. The summed E-state index contributed by atoms with van der Waals surface area (Å²) >= 11 is 0. The monoisotopic (exact) mass is 133 g/mol. The molecule has 1 rings (SSSR count). The minimum absolute atomic E-state index is 0.914. The Bertz CT molecular complexity index is 206. The Morgan fingerprint density at radius 2 is 2.40 bits per heavy atom. The third-order valence-electron chi connectivity index (χ3n) is 1.48. The average molecular weight is 133 g/mol. The van der Waals surface area contributed by atoms with Gasteiger partial charge in [0.2, 0.25) is 0 Å². The SMILES string of the molecule is CNCc1ccc#cc1C. The zero-order chi connectivity index (χ0) is 7.40. The van der Waals surface area contributed by atoms with Crippen LogP contribution in [0.1, 0.15) is 11.1 Å². The topological polar surface area (TPSA) is 12.0 Å². The molecule has 1 nitrogen and oxygen atoms in total. The molecule has 0 amide bonds. The van der Waals surface area contributed by atoms with Crippen molar-refractivity contribution in [1.82, 2.24) is 5.32 Å². The molecule has 0 aliphatic carbocycles. The molecule has 0 aliphatic heterocycles. The van der Waals surface area contributed by atoms with Gasteiger partial charge in [0.25, 0.3) is 0 Å². The molecule has 1 heteroatoms. The lowest BCUT2D eigenvalue weighted by atomic mass is 10.1. The molecule has 52 valence electrons. The summed E-state index contributed by atoms with van der Waals surface area (Å²) in [5.74, 6) is 0. The van der Waals surface area contributed by atoms with Crippen molar-refractivity contribution < 1.29 is 0 Å². The maximum absolute atomic E-state index is 3.09. The van der Waals surface area contributed by atoms with E-state index in [-0.39, 0.29) is 0 Å². The van der Waals surface area contributed by atoms with E-state index >= 15 is 0 Å². The highest BCUT2D eigenvalue weighted by molar-refractivity contribution is 5.20. The summed E-state index contributed by atoms with van der Waals surface area (Å²) in [5, 5.41) is 3.09. The highest BCUT2D eigenvalue weighted by atomic mass is 14.8. The van der Waals surface area contributed by atoms with Crippen LogP contribution in [0.25, 0.3) is 0 Å². The van der Waals surface area contributed by atoms with Crippen LogP contribution in [-0.4, -0.2) is 7.05 Å².